The number of piperazine rings is 1. The van der Waals surface area contributed by atoms with Crippen molar-refractivity contribution in [2.24, 2.45) is 0 Å². The molecule has 2 rings (SSSR count). The summed E-state index contributed by atoms with van der Waals surface area (Å²) in [7, 11) is 0. The van der Waals surface area contributed by atoms with E-state index < -0.39 is 6.10 Å². The predicted octanol–water partition coefficient (Wildman–Crippen LogP) is 1.59. The Morgan fingerprint density at radius 1 is 1.29 bits per heavy atom. The first-order valence-electron chi connectivity index (χ1n) is 7.95. The van der Waals surface area contributed by atoms with Crippen molar-refractivity contribution in [3.8, 4) is 0 Å². The maximum absolute atomic E-state index is 10.1. The maximum atomic E-state index is 10.1. The molecule has 4 nitrogen and oxygen atoms in total. The van der Waals surface area contributed by atoms with Crippen LogP contribution in [0.5, 0.6) is 0 Å². The first-order valence-corrected chi connectivity index (χ1v) is 7.95. The van der Waals surface area contributed by atoms with E-state index in [1.54, 1.807) is 0 Å². The van der Waals surface area contributed by atoms with Crippen molar-refractivity contribution in [1.29, 1.82) is 0 Å². The molecule has 2 atom stereocenters. The molecule has 21 heavy (non-hydrogen) atoms. The van der Waals surface area contributed by atoms with Gasteiger partial charge in [-0.05, 0) is 19.0 Å². The Kier molecular flexibility index (Phi) is 6.64. The van der Waals surface area contributed by atoms with E-state index in [2.05, 4.69) is 23.6 Å². The molecule has 118 valence electrons. The van der Waals surface area contributed by atoms with Crippen molar-refractivity contribution in [3.05, 3.63) is 35.9 Å². The number of ether oxygens (including phenoxy) is 1. The summed E-state index contributed by atoms with van der Waals surface area (Å²) in [6.45, 7) is 10.4. The molecular formula is C17H28N2O2. The monoisotopic (exact) mass is 292 g/mol. The number of nitrogens with zero attached hydrogens (tertiary/aromatic N) is 2. The highest BCUT2D eigenvalue weighted by molar-refractivity contribution is 5.13. The molecule has 0 radical (unpaired) electrons. The Morgan fingerprint density at radius 3 is 2.71 bits per heavy atom. The summed E-state index contributed by atoms with van der Waals surface area (Å²) in [5, 5.41) is 10.1. The lowest BCUT2D eigenvalue weighted by Gasteiger charge is -2.40. The van der Waals surface area contributed by atoms with Crippen LogP contribution in [0.3, 0.4) is 0 Å². The van der Waals surface area contributed by atoms with Crippen LogP contribution in [0.25, 0.3) is 0 Å². The largest absolute Gasteiger partial charge is 0.389 e. The summed E-state index contributed by atoms with van der Waals surface area (Å²) in [5.74, 6) is 0. The van der Waals surface area contributed by atoms with Gasteiger partial charge in [-0.15, -0.1) is 0 Å². The molecule has 1 aliphatic heterocycles. The van der Waals surface area contributed by atoms with E-state index in [4.69, 9.17) is 4.74 Å². The van der Waals surface area contributed by atoms with Gasteiger partial charge in [-0.1, -0.05) is 37.3 Å². The fraction of sp³-hybridized carbons (Fsp3) is 0.647. The van der Waals surface area contributed by atoms with Gasteiger partial charge in [-0.2, -0.15) is 0 Å². The number of hydrogen-bond acceptors (Lipinski definition) is 4. The van der Waals surface area contributed by atoms with Crippen molar-refractivity contribution in [1.82, 2.24) is 9.80 Å². The van der Waals surface area contributed by atoms with E-state index >= 15 is 0 Å². The smallest absolute Gasteiger partial charge is 0.0900 e. The first kappa shape index (κ1) is 16.4. The average Bonchev–Trinajstić information content (AvgIpc) is 2.48. The van der Waals surface area contributed by atoms with E-state index in [9.17, 15) is 5.11 Å². The molecule has 0 bridgehead atoms. The summed E-state index contributed by atoms with van der Waals surface area (Å²) < 4.78 is 5.61. The van der Waals surface area contributed by atoms with Crippen LogP contribution >= 0.6 is 0 Å². The second-order valence-corrected chi connectivity index (χ2v) is 5.89. The second kappa shape index (κ2) is 8.49. The summed E-state index contributed by atoms with van der Waals surface area (Å²) in [4.78, 5) is 4.82. The van der Waals surface area contributed by atoms with Crippen molar-refractivity contribution in [2.45, 2.75) is 32.6 Å². The fourth-order valence-electron chi connectivity index (χ4n) is 2.94. The molecule has 0 amide bonds. The Bertz CT molecular complexity index is 399. The number of aliphatic hydroxyl groups excluding tert-OH is 1. The van der Waals surface area contributed by atoms with Crippen LogP contribution in [0.15, 0.2) is 30.3 Å². The molecule has 1 N–H and O–H groups in total. The molecule has 0 spiro atoms. The van der Waals surface area contributed by atoms with Crippen LogP contribution in [0.2, 0.25) is 0 Å². The van der Waals surface area contributed by atoms with Crippen LogP contribution in [0.1, 0.15) is 19.4 Å². The quantitative estimate of drug-likeness (QED) is 0.828. The zero-order chi connectivity index (χ0) is 15.1. The van der Waals surface area contributed by atoms with Crippen molar-refractivity contribution in [2.75, 3.05) is 39.3 Å². The van der Waals surface area contributed by atoms with Gasteiger partial charge in [0, 0.05) is 32.2 Å². The number of rotatable bonds is 7. The molecule has 1 heterocycles. The summed E-state index contributed by atoms with van der Waals surface area (Å²) in [6, 6.07) is 10.7. The summed E-state index contributed by atoms with van der Waals surface area (Å²) >= 11 is 0. The van der Waals surface area contributed by atoms with Crippen LogP contribution in [0.4, 0.5) is 0 Å². The standard InChI is InChI=1S/C17H28N2O2/c1-3-19-10-9-18(11-15(19)2)12-17(20)14-21-13-16-7-5-4-6-8-16/h4-8,15,17,20H,3,9-14H2,1-2H3. The lowest BCUT2D eigenvalue weighted by molar-refractivity contribution is -0.00542. The van der Waals surface area contributed by atoms with Gasteiger partial charge in [-0.25, -0.2) is 0 Å². The van der Waals surface area contributed by atoms with E-state index in [0.29, 0.717) is 25.8 Å². The van der Waals surface area contributed by atoms with E-state index in [-0.39, 0.29) is 0 Å². The van der Waals surface area contributed by atoms with E-state index in [0.717, 1.165) is 31.7 Å². The SMILES string of the molecule is CCN1CCN(CC(O)COCc2ccccc2)CC1C. The normalized spacial score (nSPS) is 22.3. The molecule has 0 saturated carbocycles. The summed E-state index contributed by atoms with van der Waals surface area (Å²) in [5.41, 5.74) is 1.15. The number of benzene rings is 1. The maximum Gasteiger partial charge on any atom is 0.0900 e. The summed E-state index contributed by atoms with van der Waals surface area (Å²) in [6.07, 6.45) is -0.408. The molecule has 2 unspecified atom stereocenters. The molecule has 1 fully saturated rings. The average molecular weight is 292 g/mol. The lowest BCUT2D eigenvalue weighted by Crippen LogP contribution is -2.53. The molecular weight excluding hydrogens is 264 g/mol. The Balaban J connectivity index is 1.64. The second-order valence-electron chi connectivity index (χ2n) is 5.89. The van der Waals surface area contributed by atoms with Gasteiger partial charge in [0.15, 0.2) is 0 Å². The number of aliphatic hydroxyl groups is 1. The molecule has 1 aromatic rings. The first-order chi connectivity index (χ1) is 10.2. The van der Waals surface area contributed by atoms with Gasteiger partial charge in [0.2, 0.25) is 0 Å². The minimum absolute atomic E-state index is 0.400. The highest BCUT2D eigenvalue weighted by Crippen LogP contribution is 2.09. The Labute approximate surface area is 128 Å². The number of likely N-dealkylation sites (N-methyl/N-ethyl adjacent to an activating group) is 1. The van der Waals surface area contributed by atoms with Crippen molar-refractivity contribution in [3.63, 3.8) is 0 Å². The van der Waals surface area contributed by atoms with E-state index in [1.807, 2.05) is 30.3 Å². The van der Waals surface area contributed by atoms with Gasteiger partial charge in [0.25, 0.3) is 0 Å². The van der Waals surface area contributed by atoms with Crippen LogP contribution in [-0.4, -0.2) is 66.4 Å². The van der Waals surface area contributed by atoms with Gasteiger partial charge in [0.05, 0.1) is 19.3 Å². The third-order valence-corrected chi connectivity index (χ3v) is 4.15. The van der Waals surface area contributed by atoms with Gasteiger partial charge < -0.3 is 9.84 Å². The molecule has 0 aromatic heterocycles. The van der Waals surface area contributed by atoms with E-state index in [1.165, 1.54) is 0 Å². The zero-order valence-electron chi connectivity index (χ0n) is 13.2. The molecule has 4 heteroatoms. The molecule has 1 aliphatic rings. The van der Waals surface area contributed by atoms with Crippen LogP contribution < -0.4 is 0 Å². The fourth-order valence-corrected chi connectivity index (χ4v) is 2.94. The highest BCUT2D eigenvalue weighted by atomic mass is 16.5. The minimum Gasteiger partial charge on any atom is -0.389 e. The highest BCUT2D eigenvalue weighted by Gasteiger charge is 2.23. The van der Waals surface area contributed by atoms with Crippen molar-refractivity contribution < 1.29 is 9.84 Å². The topological polar surface area (TPSA) is 35.9 Å². The molecule has 1 aromatic carbocycles. The third-order valence-electron chi connectivity index (χ3n) is 4.15. The molecule has 1 saturated heterocycles. The van der Waals surface area contributed by atoms with Gasteiger partial charge >= 0.3 is 0 Å². The van der Waals surface area contributed by atoms with Crippen molar-refractivity contribution >= 4 is 0 Å². The Hall–Kier alpha value is -0.940. The molecule has 0 aliphatic carbocycles. The van der Waals surface area contributed by atoms with Crippen LogP contribution in [-0.2, 0) is 11.3 Å². The predicted molar refractivity (Wildman–Crippen MR) is 85.3 cm³/mol. The van der Waals surface area contributed by atoms with Gasteiger partial charge in [0.1, 0.15) is 0 Å². The lowest BCUT2D eigenvalue weighted by atomic mass is 10.2. The minimum atomic E-state index is -0.408. The number of β-amino-alcohol motifs (C(OH)–C–C–N with tert-alkyl or cyclic N) is 1. The van der Waals surface area contributed by atoms with Gasteiger partial charge in [-0.3, -0.25) is 9.80 Å². The zero-order valence-corrected chi connectivity index (χ0v) is 13.2. The van der Waals surface area contributed by atoms with Crippen LogP contribution in [0, 0.1) is 0 Å². The number of hydrogen-bond donors (Lipinski definition) is 1. The Morgan fingerprint density at radius 2 is 2.05 bits per heavy atom. The third kappa shape index (κ3) is 5.40.